The Labute approximate surface area is 76.4 Å². The molecular weight excluding hydrogens is 168 g/mol. The van der Waals surface area contributed by atoms with Gasteiger partial charge in [0.2, 0.25) is 5.88 Å². The lowest BCUT2D eigenvalue weighted by molar-refractivity contribution is 0.350. The monoisotopic (exact) mass is 178 g/mol. The Morgan fingerprint density at radius 2 is 2.46 bits per heavy atom. The third kappa shape index (κ3) is 2.36. The first-order valence-electron chi connectivity index (χ1n) is 3.67. The summed E-state index contributed by atoms with van der Waals surface area (Å²) >= 11 is 0. The highest BCUT2D eigenvalue weighted by Crippen LogP contribution is 2.15. The first kappa shape index (κ1) is 9.36. The first-order chi connectivity index (χ1) is 6.27. The number of aliphatic hydroxyl groups excluding tert-OH is 1. The molecule has 68 valence electrons. The Kier molecular flexibility index (Phi) is 3.12. The van der Waals surface area contributed by atoms with Crippen molar-refractivity contribution in [2.24, 2.45) is 0 Å². The summed E-state index contributed by atoms with van der Waals surface area (Å²) in [4.78, 5) is 3.92. The molecule has 3 N–H and O–H groups in total. The van der Waals surface area contributed by atoms with E-state index in [9.17, 15) is 0 Å². The molecule has 0 atom stereocenters. The second kappa shape index (κ2) is 4.33. The highest BCUT2D eigenvalue weighted by Gasteiger charge is 2.00. The van der Waals surface area contributed by atoms with Crippen molar-refractivity contribution < 1.29 is 9.84 Å². The highest BCUT2D eigenvalue weighted by molar-refractivity contribution is 5.50. The van der Waals surface area contributed by atoms with Gasteiger partial charge in [-0.3, -0.25) is 0 Å². The predicted molar refractivity (Wildman–Crippen MR) is 49.2 cm³/mol. The quantitative estimate of drug-likeness (QED) is 0.595. The second-order valence-corrected chi connectivity index (χ2v) is 2.29. The van der Waals surface area contributed by atoms with Gasteiger partial charge in [-0.15, -0.1) is 0 Å². The van der Waals surface area contributed by atoms with E-state index in [0.717, 1.165) is 0 Å². The Balaban J connectivity index is 3.08. The Hall–Kier alpha value is -1.73. The van der Waals surface area contributed by atoms with Gasteiger partial charge in [-0.25, -0.2) is 4.98 Å². The molecule has 0 aromatic carbocycles. The van der Waals surface area contributed by atoms with Crippen LogP contribution in [0, 0.1) is 11.8 Å². The number of nitrogens with two attached hydrogens (primary N) is 1. The third-order valence-electron chi connectivity index (χ3n) is 1.37. The lowest BCUT2D eigenvalue weighted by atomic mass is 10.2. The van der Waals surface area contributed by atoms with Gasteiger partial charge in [-0.2, -0.15) is 0 Å². The fourth-order valence-corrected chi connectivity index (χ4v) is 0.855. The van der Waals surface area contributed by atoms with Crippen molar-refractivity contribution in [2.45, 2.75) is 0 Å². The summed E-state index contributed by atoms with van der Waals surface area (Å²) in [6.07, 6.45) is 1.49. The standard InChI is InChI=1S/C9H10N2O2/c1-13-9-7(3-2-4-12)5-8(10)6-11-9/h5-6,12H,4,10H2,1H3. The van der Waals surface area contributed by atoms with E-state index in [0.29, 0.717) is 17.1 Å². The first-order valence-corrected chi connectivity index (χ1v) is 3.67. The van der Waals surface area contributed by atoms with Crippen molar-refractivity contribution in [3.8, 4) is 17.7 Å². The summed E-state index contributed by atoms with van der Waals surface area (Å²) in [6, 6.07) is 1.65. The van der Waals surface area contributed by atoms with E-state index in [1.54, 1.807) is 6.07 Å². The SMILES string of the molecule is COc1ncc(N)cc1C#CCO. The van der Waals surface area contributed by atoms with Gasteiger partial charge in [0.05, 0.1) is 24.6 Å². The summed E-state index contributed by atoms with van der Waals surface area (Å²) in [6.45, 7) is -0.196. The van der Waals surface area contributed by atoms with Crippen molar-refractivity contribution in [3.63, 3.8) is 0 Å². The van der Waals surface area contributed by atoms with Crippen molar-refractivity contribution in [3.05, 3.63) is 17.8 Å². The molecule has 0 amide bonds. The van der Waals surface area contributed by atoms with Gasteiger partial charge in [0.1, 0.15) is 6.61 Å². The van der Waals surface area contributed by atoms with E-state index < -0.39 is 0 Å². The van der Waals surface area contributed by atoms with E-state index in [1.165, 1.54) is 13.3 Å². The van der Waals surface area contributed by atoms with Crippen LogP contribution in [-0.4, -0.2) is 23.8 Å². The molecule has 4 nitrogen and oxygen atoms in total. The molecule has 1 aromatic heterocycles. The zero-order valence-electron chi connectivity index (χ0n) is 7.24. The summed E-state index contributed by atoms with van der Waals surface area (Å²) < 4.78 is 4.95. The number of hydrogen-bond donors (Lipinski definition) is 2. The fourth-order valence-electron chi connectivity index (χ4n) is 0.855. The van der Waals surface area contributed by atoms with E-state index in [4.69, 9.17) is 15.6 Å². The molecule has 0 saturated carbocycles. The molecule has 0 aliphatic rings. The number of hydrogen-bond acceptors (Lipinski definition) is 4. The number of ether oxygens (including phenoxy) is 1. The van der Waals surface area contributed by atoms with Crippen LogP contribution in [0.2, 0.25) is 0 Å². The normalized spacial score (nSPS) is 8.77. The minimum Gasteiger partial charge on any atom is -0.480 e. The van der Waals surface area contributed by atoms with Crippen LogP contribution in [0.15, 0.2) is 12.3 Å². The van der Waals surface area contributed by atoms with Crippen LogP contribution >= 0.6 is 0 Å². The van der Waals surface area contributed by atoms with Crippen molar-refractivity contribution >= 4 is 5.69 Å². The van der Waals surface area contributed by atoms with Gasteiger partial charge in [0.15, 0.2) is 0 Å². The van der Waals surface area contributed by atoms with Gasteiger partial charge in [0, 0.05) is 0 Å². The number of nitrogens with zero attached hydrogens (tertiary/aromatic N) is 1. The molecule has 0 radical (unpaired) electrons. The fraction of sp³-hybridized carbons (Fsp3) is 0.222. The summed E-state index contributed by atoms with van der Waals surface area (Å²) in [5.41, 5.74) is 6.60. The number of anilines is 1. The molecule has 1 rings (SSSR count). The smallest absolute Gasteiger partial charge is 0.229 e. The summed E-state index contributed by atoms with van der Waals surface area (Å²) in [7, 11) is 1.50. The molecule has 13 heavy (non-hydrogen) atoms. The van der Waals surface area contributed by atoms with Gasteiger partial charge < -0.3 is 15.6 Å². The van der Waals surface area contributed by atoms with Crippen LogP contribution in [0.1, 0.15) is 5.56 Å². The number of aliphatic hydroxyl groups is 1. The second-order valence-electron chi connectivity index (χ2n) is 2.29. The van der Waals surface area contributed by atoms with Gasteiger partial charge in [0.25, 0.3) is 0 Å². The molecule has 0 spiro atoms. The number of pyridine rings is 1. The molecule has 0 saturated heterocycles. The van der Waals surface area contributed by atoms with Crippen LogP contribution in [0.4, 0.5) is 5.69 Å². The van der Waals surface area contributed by atoms with Crippen LogP contribution in [0.3, 0.4) is 0 Å². The van der Waals surface area contributed by atoms with Gasteiger partial charge in [-0.1, -0.05) is 11.8 Å². The minimum atomic E-state index is -0.196. The maximum atomic E-state index is 8.49. The zero-order valence-corrected chi connectivity index (χ0v) is 7.24. The van der Waals surface area contributed by atoms with Crippen molar-refractivity contribution in [1.82, 2.24) is 4.98 Å². The van der Waals surface area contributed by atoms with Crippen LogP contribution in [-0.2, 0) is 0 Å². The molecule has 0 fully saturated rings. The van der Waals surface area contributed by atoms with Gasteiger partial charge in [-0.05, 0) is 6.07 Å². The van der Waals surface area contributed by atoms with E-state index in [2.05, 4.69) is 16.8 Å². The maximum absolute atomic E-state index is 8.49. The Morgan fingerprint density at radius 1 is 1.69 bits per heavy atom. The number of methoxy groups -OCH3 is 1. The van der Waals surface area contributed by atoms with E-state index in [-0.39, 0.29) is 6.61 Å². The third-order valence-corrected chi connectivity index (χ3v) is 1.37. The molecule has 0 bridgehead atoms. The summed E-state index contributed by atoms with van der Waals surface area (Å²) in [5, 5.41) is 8.49. The maximum Gasteiger partial charge on any atom is 0.229 e. The van der Waals surface area contributed by atoms with E-state index >= 15 is 0 Å². The molecule has 0 aliphatic heterocycles. The number of aromatic nitrogens is 1. The lowest BCUT2D eigenvalue weighted by Gasteiger charge is -2.01. The predicted octanol–water partition coefficient (Wildman–Crippen LogP) is 0.0162. The lowest BCUT2D eigenvalue weighted by Crippen LogP contribution is -1.94. The molecule has 0 unspecified atom stereocenters. The van der Waals surface area contributed by atoms with Crippen LogP contribution in [0.25, 0.3) is 0 Å². The van der Waals surface area contributed by atoms with Crippen LogP contribution < -0.4 is 10.5 Å². The Bertz CT molecular complexity index is 352. The van der Waals surface area contributed by atoms with Gasteiger partial charge >= 0.3 is 0 Å². The van der Waals surface area contributed by atoms with Crippen molar-refractivity contribution in [2.75, 3.05) is 19.5 Å². The topological polar surface area (TPSA) is 68.4 Å². The molecule has 0 aliphatic carbocycles. The minimum absolute atomic E-state index is 0.196. The van der Waals surface area contributed by atoms with Crippen LogP contribution in [0.5, 0.6) is 5.88 Å². The molecule has 4 heteroatoms. The average molecular weight is 178 g/mol. The molecular formula is C9H10N2O2. The Morgan fingerprint density at radius 3 is 3.08 bits per heavy atom. The zero-order chi connectivity index (χ0) is 9.68. The largest absolute Gasteiger partial charge is 0.480 e. The highest BCUT2D eigenvalue weighted by atomic mass is 16.5. The average Bonchev–Trinajstić information content (AvgIpc) is 2.15. The molecule has 1 aromatic rings. The number of nitrogen functional groups attached to an aromatic ring is 1. The molecule has 1 heterocycles. The van der Waals surface area contributed by atoms with E-state index in [1.807, 2.05) is 0 Å². The van der Waals surface area contributed by atoms with Crippen molar-refractivity contribution in [1.29, 1.82) is 0 Å². The summed E-state index contributed by atoms with van der Waals surface area (Å²) in [5.74, 6) is 5.60. The number of rotatable bonds is 1.